The summed E-state index contributed by atoms with van der Waals surface area (Å²) in [6, 6.07) is 7.76. The first-order chi connectivity index (χ1) is 8.93. The highest BCUT2D eigenvalue weighted by Gasteiger charge is 2.21. The van der Waals surface area contributed by atoms with Crippen molar-refractivity contribution in [3.63, 3.8) is 0 Å². The molecule has 1 aromatic carbocycles. The van der Waals surface area contributed by atoms with Crippen molar-refractivity contribution >= 4 is 11.7 Å². The van der Waals surface area contributed by atoms with Crippen molar-refractivity contribution in [2.75, 3.05) is 18.0 Å². The topological polar surface area (TPSA) is 52.6 Å². The molecule has 0 saturated carbocycles. The van der Waals surface area contributed by atoms with Gasteiger partial charge in [-0.2, -0.15) is 0 Å². The van der Waals surface area contributed by atoms with Gasteiger partial charge in [0.25, 0.3) is 0 Å². The number of nitrogens with zero attached hydrogens (tertiary/aromatic N) is 1. The van der Waals surface area contributed by atoms with E-state index in [1.54, 1.807) is 0 Å². The van der Waals surface area contributed by atoms with Crippen LogP contribution in [0.5, 0.6) is 0 Å². The van der Waals surface area contributed by atoms with E-state index in [9.17, 15) is 9.90 Å². The van der Waals surface area contributed by atoms with Crippen molar-refractivity contribution in [1.82, 2.24) is 5.32 Å². The summed E-state index contributed by atoms with van der Waals surface area (Å²) in [4.78, 5) is 13.4. The molecule has 1 unspecified atom stereocenters. The van der Waals surface area contributed by atoms with Gasteiger partial charge in [-0.15, -0.1) is 0 Å². The predicted octanol–water partition coefficient (Wildman–Crippen LogP) is 2.27. The second kappa shape index (κ2) is 7.14. The van der Waals surface area contributed by atoms with Crippen LogP contribution < -0.4 is 10.2 Å². The zero-order chi connectivity index (χ0) is 14.4. The molecule has 2 N–H and O–H groups in total. The number of nitrogens with one attached hydrogen (secondary N) is 1. The van der Waals surface area contributed by atoms with Gasteiger partial charge < -0.3 is 15.3 Å². The van der Waals surface area contributed by atoms with E-state index < -0.39 is 12.0 Å². The number of likely N-dealkylation sites (N-methyl/N-ethyl adjacent to an activating group) is 1. The average Bonchev–Trinajstić information content (AvgIpc) is 2.35. The van der Waals surface area contributed by atoms with Crippen molar-refractivity contribution in [2.24, 2.45) is 0 Å². The molecular formula is C15H24N2O2. The molecule has 4 heteroatoms. The Hall–Kier alpha value is -1.55. The number of aryl methyl sites for hydroxylation is 1. The van der Waals surface area contributed by atoms with Crippen LogP contribution >= 0.6 is 0 Å². The van der Waals surface area contributed by atoms with Gasteiger partial charge in [-0.1, -0.05) is 31.5 Å². The summed E-state index contributed by atoms with van der Waals surface area (Å²) in [5.41, 5.74) is 2.26. The molecule has 106 valence electrons. The van der Waals surface area contributed by atoms with Gasteiger partial charge in [0.05, 0.1) is 0 Å². The van der Waals surface area contributed by atoms with E-state index in [1.165, 1.54) is 5.56 Å². The van der Waals surface area contributed by atoms with Crippen molar-refractivity contribution in [3.05, 3.63) is 29.8 Å². The first-order valence-electron chi connectivity index (χ1n) is 6.74. The van der Waals surface area contributed by atoms with E-state index >= 15 is 0 Å². The van der Waals surface area contributed by atoms with Gasteiger partial charge in [0.1, 0.15) is 6.04 Å². The van der Waals surface area contributed by atoms with Gasteiger partial charge in [0.2, 0.25) is 0 Å². The van der Waals surface area contributed by atoms with Gasteiger partial charge in [-0.05, 0) is 26.0 Å². The maximum atomic E-state index is 11.3. The molecule has 0 saturated heterocycles. The molecule has 0 bridgehead atoms. The van der Waals surface area contributed by atoms with E-state index in [0.29, 0.717) is 6.54 Å². The highest BCUT2D eigenvalue weighted by molar-refractivity contribution is 5.74. The molecule has 0 amide bonds. The van der Waals surface area contributed by atoms with Gasteiger partial charge in [-0.3, -0.25) is 4.79 Å². The number of hydrogen-bond donors (Lipinski definition) is 2. The zero-order valence-electron chi connectivity index (χ0n) is 12.2. The van der Waals surface area contributed by atoms with Crippen LogP contribution in [0.25, 0.3) is 0 Å². The second-order valence-corrected chi connectivity index (χ2v) is 5.09. The normalized spacial score (nSPS) is 12.5. The summed E-state index contributed by atoms with van der Waals surface area (Å²) >= 11 is 0. The minimum atomic E-state index is -0.806. The van der Waals surface area contributed by atoms with E-state index in [2.05, 4.69) is 10.2 Å². The summed E-state index contributed by atoms with van der Waals surface area (Å²) < 4.78 is 0. The van der Waals surface area contributed by atoms with Gasteiger partial charge >= 0.3 is 5.97 Å². The molecule has 1 aromatic rings. The lowest BCUT2D eigenvalue weighted by Crippen LogP contribution is -2.48. The van der Waals surface area contributed by atoms with E-state index in [0.717, 1.165) is 12.2 Å². The van der Waals surface area contributed by atoms with Crippen LogP contribution in [0.3, 0.4) is 0 Å². The Morgan fingerprint density at radius 2 is 1.89 bits per heavy atom. The molecule has 0 aliphatic carbocycles. The maximum Gasteiger partial charge on any atom is 0.322 e. The highest BCUT2D eigenvalue weighted by Crippen LogP contribution is 2.15. The minimum Gasteiger partial charge on any atom is -0.480 e. The number of carbonyl (C=O) groups is 1. The van der Waals surface area contributed by atoms with Gasteiger partial charge in [0.15, 0.2) is 0 Å². The number of carboxylic acid groups (broad SMARTS) is 1. The summed E-state index contributed by atoms with van der Waals surface area (Å²) in [5.74, 6) is -0.806. The fraction of sp³-hybridized carbons (Fsp3) is 0.533. The summed E-state index contributed by atoms with van der Waals surface area (Å²) in [5, 5.41) is 12.4. The molecule has 0 radical (unpaired) electrons. The first kappa shape index (κ1) is 15.5. The lowest BCUT2D eigenvalue weighted by Gasteiger charge is -2.28. The molecule has 0 fully saturated rings. The number of rotatable bonds is 7. The Morgan fingerprint density at radius 1 is 1.32 bits per heavy atom. The fourth-order valence-electron chi connectivity index (χ4n) is 2.00. The molecule has 1 atom stereocenters. The molecular weight excluding hydrogens is 240 g/mol. The third kappa shape index (κ3) is 4.91. The lowest BCUT2D eigenvalue weighted by molar-refractivity contribution is -0.139. The molecule has 1 rings (SSSR count). The Morgan fingerprint density at radius 3 is 2.32 bits per heavy atom. The second-order valence-electron chi connectivity index (χ2n) is 5.09. The Balaban J connectivity index is 2.79. The number of anilines is 1. The third-order valence-corrected chi connectivity index (χ3v) is 3.02. The van der Waals surface area contributed by atoms with E-state index in [4.69, 9.17) is 0 Å². The van der Waals surface area contributed by atoms with Crippen molar-refractivity contribution in [3.8, 4) is 0 Å². The minimum absolute atomic E-state index is 0.151. The van der Waals surface area contributed by atoms with Crippen LogP contribution in [0.4, 0.5) is 5.69 Å². The largest absolute Gasteiger partial charge is 0.480 e. The molecule has 0 spiro atoms. The van der Waals surface area contributed by atoms with Crippen LogP contribution in [0.15, 0.2) is 24.3 Å². The number of carboxylic acids is 1. The zero-order valence-corrected chi connectivity index (χ0v) is 12.2. The van der Waals surface area contributed by atoms with Crippen molar-refractivity contribution in [1.29, 1.82) is 0 Å². The SMILES string of the molecule is CCN(CC(NC(C)C)C(=O)O)c1ccc(C)cc1. The summed E-state index contributed by atoms with van der Waals surface area (Å²) in [6.45, 7) is 9.24. The molecule has 0 aliphatic heterocycles. The van der Waals surface area contributed by atoms with Crippen LogP contribution in [-0.2, 0) is 4.79 Å². The van der Waals surface area contributed by atoms with Crippen LogP contribution in [-0.4, -0.2) is 36.2 Å². The Bertz CT molecular complexity index is 401. The smallest absolute Gasteiger partial charge is 0.322 e. The van der Waals surface area contributed by atoms with Crippen molar-refractivity contribution < 1.29 is 9.90 Å². The van der Waals surface area contributed by atoms with E-state index in [-0.39, 0.29) is 6.04 Å². The summed E-state index contributed by atoms with van der Waals surface area (Å²) in [6.07, 6.45) is 0. The van der Waals surface area contributed by atoms with Crippen molar-refractivity contribution in [2.45, 2.75) is 39.8 Å². The highest BCUT2D eigenvalue weighted by atomic mass is 16.4. The van der Waals surface area contributed by atoms with Crippen LogP contribution in [0.1, 0.15) is 26.3 Å². The van der Waals surface area contributed by atoms with Gasteiger partial charge in [0, 0.05) is 24.8 Å². The lowest BCUT2D eigenvalue weighted by atomic mass is 10.2. The predicted molar refractivity (Wildman–Crippen MR) is 78.8 cm³/mol. The quantitative estimate of drug-likeness (QED) is 0.793. The monoisotopic (exact) mass is 264 g/mol. The third-order valence-electron chi connectivity index (χ3n) is 3.02. The average molecular weight is 264 g/mol. The van der Waals surface area contributed by atoms with E-state index in [1.807, 2.05) is 52.0 Å². The number of benzene rings is 1. The number of aliphatic carboxylic acids is 1. The molecule has 0 aliphatic rings. The number of hydrogen-bond acceptors (Lipinski definition) is 3. The standard InChI is InChI=1S/C15H24N2O2/c1-5-17(13-8-6-12(4)7-9-13)10-14(15(18)19)16-11(2)3/h6-9,11,14,16H,5,10H2,1-4H3,(H,18,19). The molecule has 4 nitrogen and oxygen atoms in total. The van der Waals surface area contributed by atoms with Crippen LogP contribution in [0, 0.1) is 6.92 Å². The molecule has 0 heterocycles. The molecule has 0 aromatic heterocycles. The summed E-state index contributed by atoms with van der Waals surface area (Å²) in [7, 11) is 0. The maximum absolute atomic E-state index is 11.3. The first-order valence-corrected chi connectivity index (χ1v) is 6.74. The fourth-order valence-corrected chi connectivity index (χ4v) is 2.00. The Kier molecular flexibility index (Phi) is 5.83. The van der Waals surface area contributed by atoms with Gasteiger partial charge in [-0.25, -0.2) is 0 Å². The Labute approximate surface area is 115 Å². The van der Waals surface area contributed by atoms with Crippen LogP contribution in [0.2, 0.25) is 0 Å². The molecule has 19 heavy (non-hydrogen) atoms.